The Kier molecular flexibility index (Phi) is 4.10. The number of nitrogens with two attached hydrogens (primary N) is 1. The van der Waals surface area contributed by atoms with E-state index in [2.05, 4.69) is 31.9 Å². The van der Waals surface area contributed by atoms with Crippen LogP contribution >= 0.6 is 31.9 Å². The van der Waals surface area contributed by atoms with Gasteiger partial charge in [0.1, 0.15) is 17.4 Å². The highest BCUT2D eigenvalue weighted by Gasteiger charge is 2.09. The van der Waals surface area contributed by atoms with Gasteiger partial charge in [0.2, 0.25) is 0 Å². The molecule has 0 fully saturated rings. The SMILES string of the molecule is N#C/C(=C\c1cc(Br)cc(Br)c1O)C(N)=O. The number of benzene rings is 1. The summed E-state index contributed by atoms with van der Waals surface area (Å²) in [7, 11) is 0. The van der Waals surface area contributed by atoms with Gasteiger partial charge >= 0.3 is 0 Å². The van der Waals surface area contributed by atoms with E-state index in [1.807, 2.05) is 0 Å². The van der Waals surface area contributed by atoms with Crippen LogP contribution in [0.4, 0.5) is 0 Å². The highest BCUT2D eigenvalue weighted by atomic mass is 79.9. The zero-order chi connectivity index (χ0) is 12.3. The molecular formula is C10H6Br2N2O2. The van der Waals surface area contributed by atoms with Crippen LogP contribution in [0.15, 0.2) is 26.7 Å². The Morgan fingerprint density at radius 2 is 2.12 bits per heavy atom. The third-order valence-electron chi connectivity index (χ3n) is 1.74. The molecule has 0 heterocycles. The van der Waals surface area contributed by atoms with Crippen LogP contribution in [0.25, 0.3) is 6.08 Å². The van der Waals surface area contributed by atoms with Gasteiger partial charge in [-0.1, -0.05) is 15.9 Å². The summed E-state index contributed by atoms with van der Waals surface area (Å²) in [6, 6.07) is 4.87. The van der Waals surface area contributed by atoms with Crippen LogP contribution in [0.2, 0.25) is 0 Å². The van der Waals surface area contributed by atoms with Crippen molar-refractivity contribution in [1.82, 2.24) is 0 Å². The Morgan fingerprint density at radius 1 is 1.50 bits per heavy atom. The van der Waals surface area contributed by atoms with E-state index in [0.29, 0.717) is 14.5 Å². The topological polar surface area (TPSA) is 87.1 Å². The molecule has 0 radical (unpaired) electrons. The minimum absolute atomic E-state index is 0.0581. The average Bonchev–Trinajstić information content (AvgIpc) is 2.20. The summed E-state index contributed by atoms with van der Waals surface area (Å²) in [6.07, 6.45) is 1.23. The second-order valence-corrected chi connectivity index (χ2v) is 4.63. The van der Waals surface area contributed by atoms with Gasteiger partial charge < -0.3 is 10.8 Å². The minimum atomic E-state index is -0.835. The van der Waals surface area contributed by atoms with Gasteiger partial charge in [0.25, 0.3) is 5.91 Å². The average molecular weight is 346 g/mol. The number of hydrogen-bond donors (Lipinski definition) is 2. The van der Waals surface area contributed by atoms with Crippen LogP contribution in [0, 0.1) is 11.3 Å². The van der Waals surface area contributed by atoms with Crippen LogP contribution in [0.5, 0.6) is 5.75 Å². The number of rotatable bonds is 2. The molecule has 6 heteroatoms. The van der Waals surface area contributed by atoms with Gasteiger partial charge in [-0.05, 0) is 34.1 Å². The molecule has 0 atom stereocenters. The zero-order valence-electron chi connectivity index (χ0n) is 7.87. The molecule has 1 rings (SSSR count). The Hall–Kier alpha value is -1.32. The number of phenolic OH excluding ortho intramolecular Hbond substituents is 1. The van der Waals surface area contributed by atoms with E-state index < -0.39 is 5.91 Å². The van der Waals surface area contributed by atoms with E-state index in [1.165, 1.54) is 6.08 Å². The molecule has 1 amide bonds. The molecule has 0 aliphatic heterocycles. The fourth-order valence-electron chi connectivity index (χ4n) is 1.01. The van der Waals surface area contributed by atoms with Gasteiger partial charge in [-0.25, -0.2) is 0 Å². The van der Waals surface area contributed by atoms with Crippen LogP contribution in [0.3, 0.4) is 0 Å². The van der Waals surface area contributed by atoms with E-state index in [-0.39, 0.29) is 11.3 Å². The molecule has 16 heavy (non-hydrogen) atoms. The lowest BCUT2D eigenvalue weighted by molar-refractivity contribution is -0.114. The first-order chi connectivity index (χ1) is 7.45. The van der Waals surface area contributed by atoms with Gasteiger partial charge in [0, 0.05) is 10.0 Å². The Bertz CT molecular complexity index is 518. The second-order valence-electron chi connectivity index (χ2n) is 2.86. The van der Waals surface area contributed by atoms with Crippen LogP contribution < -0.4 is 5.73 Å². The van der Waals surface area contributed by atoms with Crippen molar-refractivity contribution in [2.45, 2.75) is 0 Å². The van der Waals surface area contributed by atoms with E-state index in [1.54, 1.807) is 18.2 Å². The van der Waals surface area contributed by atoms with Crippen molar-refractivity contribution in [3.05, 3.63) is 32.2 Å². The Balaban J connectivity index is 3.35. The summed E-state index contributed by atoms with van der Waals surface area (Å²) in [5.41, 5.74) is 5.09. The van der Waals surface area contributed by atoms with Gasteiger partial charge in [-0.15, -0.1) is 0 Å². The quantitative estimate of drug-likeness (QED) is 0.636. The van der Waals surface area contributed by atoms with Gasteiger partial charge in [0.15, 0.2) is 0 Å². The molecule has 3 N–H and O–H groups in total. The molecule has 1 aromatic rings. The van der Waals surface area contributed by atoms with E-state index in [9.17, 15) is 9.90 Å². The standard InChI is InChI=1S/C10H6Br2N2O2/c11-7-2-5(9(15)8(12)3-7)1-6(4-13)10(14)16/h1-3,15H,(H2,14,16)/b6-1+. The van der Waals surface area contributed by atoms with Crippen molar-refractivity contribution < 1.29 is 9.90 Å². The predicted octanol–water partition coefficient (Wildman–Crippen LogP) is 2.31. The highest BCUT2D eigenvalue weighted by Crippen LogP contribution is 2.32. The van der Waals surface area contributed by atoms with Crippen molar-refractivity contribution >= 4 is 43.8 Å². The Labute approximate surface area is 109 Å². The number of amides is 1. The van der Waals surface area contributed by atoms with Gasteiger partial charge in [-0.3, -0.25) is 4.79 Å². The fourth-order valence-corrected chi connectivity index (χ4v) is 2.27. The Morgan fingerprint density at radius 3 is 2.62 bits per heavy atom. The molecule has 0 saturated heterocycles. The largest absolute Gasteiger partial charge is 0.506 e. The number of hydrogen-bond acceptors (Lipinski definition) is 3. The maximum Gasteiger partial charge on any atom is 0.259 e. The van der Waals surface area contributed by atoms with E-state index in [0.717, 1.165) is 0 Å². The third kappa shape index (κ3) is 2.84. The third-order valence-corrected chi connectivity index (χ3v) is 2.81. The van der Waals surface area contributed by atoms with Crippen LogP contribution in [-0.4, -0.2) is 11.0 Å². The molecule has 0 bridgehead atoms. The lowest BCUT2D eigenvalue weighted by Crippen LogP contribution is -2.12. The molecule has 0 aliphatic rings. The first-order valence-corrected chi connectivity index (χ1v) is 5.64. The zero-order valence-corrected chi connectivity index (χ0v) is 11.0. The first kappa shape index (κ1) is 12.7. The molecule has 0 aromatic heterocycles. The molecule has 0 spiro atoms. The molecule has 0 aliphatic carbocycles. The molecule has 0 unspecified atom stereocenters. The van der Waals surface area contributed by atoms with E-state index >= 15 is 0 Å². The predicted molar refractivity (Wildman–Crippen MR) is 66.3 cm³/mol. The van der Waals surface area contributed by atoms with E-state index in [4.69, 9.17) is 11.0 Å². The molecule has 0 saturated carbocycles. The van der Waals surface area contributed by atoms with Crippen molar-refractivity contribution in [2.24, 2.45) is 5.73 Å². The normalized spacial score (nSPS) is 10.9. The molecule has 82 valence electrons. The maximum atomic E-state index is 10.8. The summed E-state index contributed by atoms with van der Waals surface area (Å²) in [5.74, 6) is -0.893. The number of carbonyl (C=O) groups excluding carboxylic acids is 1. The number of nitrogens with zero attached hydrogens (tertiary/aromatic N) is 1. The number of halogens is 2. The summed E-state index contributed by atoms with van der Waals surface area (Å²) < 4.78 is 1.15. The number of aromatic hydroxyl groups is 1. The van der Waals surface area contributed by atoms with Crippen LogP contribution in [-0.2, 0) is 4.79 Å². The monoisotopic (exact) mass is 344 g/mol. The van der Waals surface area contributed by atoms with Crippen LogP contribution in [0.1, 0.15) is 5.56 Å². The van der Waals surface area contributed by atoms with Crippen molar-refractivity contribution in [3.63, 3.8) is 0 Å². The fraction of sp³-hybridized carbons (Fsp3) is 0. The molecular weight excluding hydrogens is 340 g/mol. The highest BCUT2D eigenvalue weighted by molar-refractivity contribution is 9.11. The maximum absolute atomic E-state index is 10.8. The number of primary amides is 1. The smallest absolute Gasteiger partial charge is 0.259 e. The summed E-state index contributed by atoms with van der Waals surface area (Å²) >= 11 is 6.36. The van der Waals surface area contributed by atoms with Gasteiger partial charge in [0.05, 0.1) is 4.47 Å². The number of phenols is 1. The lowest BCUT2D eigenvalue weighted by atomic mass is 10.1. The number of nitriles is 1. The number of carbonyl (C=O) groups is 1. The second kappa shape index (κ2) is 5.14. The molecule has 1 aromatic carbocycles. The summed E-state index contributed by atoms with van der Waals surface area (Å²) in [4.78, 5) is 10.8. The van der Waals surface area contributed by atoms with Crippen molar-refractivity contribution in [1.29, 1.82) is 5.26 Å². The van der Waals surface area contributed by atoms with Gasteiger partial charge in [-0.2, -0.15) is 5.26 Å². The first-order valence-electron chi connectivity index (χ1n) is 4.05. The summed E-state index contributed by atoms with van der Waals surface area (Å²) in [5, 5.41) is 18.3. The molecule has 4 nitrogen and oxygen atoms in total. The van der Waals surface area contributed by atoms with Crippen molar-refractivity contribution in [2.75, 3.05) is 0 Å². The van der Waals surface area contributed by atoms with Crippen molar-refractivity contribution in [3.8, 4) is 11.8 Å². The lowest BCUT2D eigenvalue weighted by Gasteiger charge is -2.03. The minimum Gasteiger partial charge on any atom is -0.506 e. The summed E-state index contributed by atoms with van der Waals surface area (Å²) in [6.45, 7) is 0.